The van der Waals surface area contributed by atoms with Gasteiger partial charge in [0.2, 0.25) is 0 Å². The predicted octanol–water partition coefficient (Wildman–Crippen LogP) is 15.6. The molecule has 1 rings (SSSR count). The summed E-state index contributed by atoms with van der Waals surface area (Å²) in [7, 11) is 0. The van der Waals surface area contributed by atoms with Crippen molar-refractivity contribution in [1.29, 1.82) is 0 Å². The fraction of sp³-hybridized carbons (Fsp3) is 0.902. The van der Waals surface area contributed by atoms with Gasteiger partial charge in [-0.1, -0.05) is 263 Å². The van der Waals surface area contributed by atoms with Crippen LogP contribution in [-0.4, -0.2) is 89.0 Å². The van der Waals surface area contributed by atoms with Gasteiger partial charge in [0, 0.05) is 12.8 Å². The van der Waals surface area contributed by atoms with Crippen molar-refractivity contribution in [3.05, 3.63) is 24.3 Å². The van der Waals surface area contributed by atoms with Gasteiger partial charge in [0.25, 0.3) is 0 Å². The molecule has 10 heteroatoms. The molecule has 1 aliphatic rings. The van der Waals surface area contributed by atoms with Crippen LogP contribution in [0.5, 0.6) is 0 Å². The molecule has 1 aliphatic heterocycles. The number of rotatable bonds is 53. The lowest BCUT2D eigenvalue weighted by Gasteiger charge is -2.39. The van der Waals surface area contributed by atoms with Crippen LogP contribution in [0.3, 0.4) is 0 Å². The van der Waals surface area contributed by atoms with Gasteiger partial charge < -0.3 is 39.4 Å². The van der Waals surface area contributed by atoms with Crippen molar-refractivity contribution in [2.45, 2.75) is 333 Å². The maximum atomic E-state index is 12.9. The second kappa shape index (κ2) is 51.7. The molecule has 0 aromatic heterocycles. The number of allylic oxidation sites excluding steroid dienone is 4. The lowest BCUT2D eigenvalue weighted by Crippen LogP contribution is -2.59. The van der Waals surface area contributed by atoms with Gasteiger partial charge in [-0.25, -0.2) is 0 Å². The monoisotopic (exact) mass is 1010 g/mol. The van der Waals surface area contributed by atoms with Crippen LogP contribution in [0.2, 0.25) is 0 Å². The molecule has 71 heavy (non-hydrogen) atoms. The summed E-state index contributed by atoms with van der Waals surface area (Å²) in [4.78, 5) is 25.6. The Labute approximate surface area is 436 Å². The van der Waals surface area contributed by atoms with E-state index < -0.39 is 49.4 Å². The molecule has 6 unspecified atom stereocenters. The number of hydrogen-bond donors (Lipinski definition) is 4. The van der Waals surface area contributed by atoms with Crippen molar-refractivity contribution in [1.82, 2.24) is 0 Å². The number of esters is 2. The summed E-state index contributed by atoms with van der Waals surface area (Å²) < 4.78 is 22.4. The highest BCUT2D eigenvalue weighted by Crippen LogP contribution is 2.23. The van der Waals surface area contributed by atoms with Gasteiger partial charge in [-0.3, -0.25) is 9.59 Å². The molecule has 0 bridgehead atoms. The molecule has 4 N–H and O–H groups in total. The van der Waals surface area contributed by atoms with E-state index in [0.29, 0.717) is 6.42 Å². The Hall–Kier alpha value is -1.82. The van der Waals surface area contributed by atoms with Crippen LogP contribution < -0.4 is 0 Å². The predicted molar refractivity (Wildman–Crippen MR) is 293 cm³/mol. The zero-order valence-electron chi connectivity index (χ0n) is 46.2. The van der Waals surface area contributed by atoms with Crippen LogP contribution in [0.25, 0.3) is 0 Å². The second-order valence-electron chi connectivity index (χ2n) is 21.2. The van der Waals surface area contributed by atoms with E-state index in [9.17, 15) is 30.0 Å². The molecule has 1 fully saturated rings. The van der Waals surface area contributed by atoms with E-state index in [2.05, 4.69) is 38.2 Å². The van der Waals surface area contributed by atoms with E-state index in [4.69, 9.17) is 18.9 Å². The van der Waals surface area contributed by atoms with Gasteiger partial charge >= 0.3 is 11.9 Å². The third-order valence-electron chi connectivity index (χ3n) is 14.3. The van der Waals surface area contributed by atoms with Gasteiger partial charge in [-0.15, -0.1) is 0 Å². The summed E-state index contributed by atoms with van der Waals surface area (Å²) in [6, 6.07) is 0. The van der Waals surface area contributed by atoms with Crippen LogP contribution in [-0.2, 0) is 28.5 Å². The quantitative estimate of drug-likeness (QED) is 0.0263. The van der Waals surface area contributed by atoms with E-state index in [-0.39, 0.29) is 32.0 Å². The molecular weight excluding hydrogens is 893 g/mol. The third kappa shape index (κ3) is 42.1. The Morgan fingerprint density at radius 1 is 0.437 bits per heavy atom. The number of aliphatic hydroxyl groups excluding tert-OH is 4. The second-order valence-corrected chi connectivity index (χ2v) is 21.2. The Balaban J connectivity index is 2.17. The maximum absolute atomic E-state index is 12.9. The topological polar surface area (TPSA) is 152 Å². The third-order valence-corrected chi connectivity index (χ3v) is 14.3. The van der Waals surface area contributed by atoms with Gasteiger partial charge in [-0.05, 0) is 44.9 Å². The molecule has 0 aromatic carbocycles. The summed E-state index contributed by atoms with van der Waals surface area (Å²) in [6.07, 6.45) is 54.8. The molecule has 0 aliphatic carbocycles. The molecule has 1 heterocycles. The van der Waals surface area contributed by atoms with Crippen LogP contribution in [0.15, 0.2) is 24.3 Å². The maximum Gasteiger partial charge on any atom is 0.306 e. The van der Waals surface area contributed by atoms with E-state index >= 15 is 0 Å². The number of ether oxygens (including phenoxy) is 4. The molecule has 10 nitrogen and oxygen atoms in total. The van der Waals surface area contributed by atoms with Crippen molar-refractivity contribution < 1.29 is 49.0 Å². The zero-order chi connectivity index (χ0) is 51.5. The Morgan fingerprint density at radius 2 is 0.789 bits per heavy atom. The van der Waals surface area contributed by atoms with Crippen LogP contribution in [0.1, 0.15) is 296 Å². The van der Waals surface area contributed by atoms with Crippen molar-refractivity contribution in [2.75, 3.05) is 19.8 Å². The van der Waals surface area contributed by atoms with Crippen LogP contribution in [0, 0.1) is 0 Å². The standard InChI is InChI=1S/C61H114O10/c1-3-5-7-9-11-13-15-17-19-21-23-25-27-29-31-33-35-37-39-41-43-45-47-49-56(63)68-52-54(53-69-61-60(67)59(66)58(65)55(51-62)71-61)70-57(64)50-48-46-44-42-40-38-36-34-32-30-28-26-24-22-20-18-16-14-12-10-8-6-4-2/h16,18,22,24,54-55,58-62,65-67H,3-15,17,19-21,23,25-53H2,1-2H3/b18-16-,24-22-. The van der Waals surface area contributed by atoms with Gasteiger partial charge in [0.05, 0.1) is 13.2 Å². The van der Waals surface area contributed by atoms with Gasteiger partial charge in [-0.2, -0.15) is 0 Å². The minimum atomic E-state index is -1.59. The first kappa shape index (κ1) is 67.2. The summed E-state index contributed by atoms with van der Waals surface area (Å²) >= 11 is 0. The Kier molecular flexibility index (Phi) is 48.9. The average Bonchev–Trinajstić information content (AvgIpc) is 3.37. The lowest BCUT2D eigenvalue weighted by molar-refractivity contribution is -0.305. The molecule has 1 saturated heterocycles. The molecule has 0 radical (unpaired) electrons. The number of hydrogen-bond acceptors (Lipinski definition) is 10. The fourth-order valence-electron chi connectivity index (χ4n) is 9.58. The Morgan fingerprint density at radius 3 is 1.17 bits per heavy atom. The SMILES string of the molecule is CCCCCCC/C=C\C/C=C\CCCCCCCCCCCCCC(=O)OC(COC(=O)CCCCCCCCCCCCCCCCCCCCCCCCC)COC1OC(CO)C(O)C(O)C1O. The molecule has 0 aromatic rings. The number of carbonyl (C=O) groups excluding carboxylic acids is 2. The highest BCUT2D eigenvalue weighted by atomic mass is 16.7. The minimum Gasteiger partial charge on any atom is -0.462 e. The largest absolute Gasteiger partial charge is 0.462 e. The smallest absolute Gasteiger partial charge is 0.306 e. The molecule has 0 amide bonds. The van der Waals surface area contributed by atoms with Crippen LogP contribution >= 0.6 is 0 Å². The summed E-state index contributed by atoms with van der Waals surface area (Å²) in [6.45, 7) is 3.48. The van der Waals surface area contributed by atoms with Crippen molar-refractivity contribution in [3.8, 4) is 0 Å². The van der Waals surface area contributed by atoms with Gasteiger partial charge in [0.15, 0.2) is 12.4 Å². The van der Waals surface area contributed by atoms with Gasteiger partial charge in [0.1, 0.15) is 31.0 Å². The zero-order valence-corrected chi connectivity index (χ0v) is 46.2. The molecule has 6 atom stereocenters. The molecule has 0 spiro atoms. The number of aliphatic hydroxyl groups is 4. The number of carbonyl (C=O) groups is 2. The molecule has 418 valence electrons. The van der Waals surface area contributed by atoms with E-state index in [1.54, 1.807) is 0 Å². The lowest BCUT2D eigenvalue weighted by atomic mass is 9.99. The molecule has 0 saturated carbocycles. The fourth-order valence-corrected chi connectivity index (χ4v) is 9.58. The minimum absolute atomic E-state index is 0.213. The summed E-state index contributed by atoms with van der Waals surface area (Å²) in [5.41, 5.74) is 0. The van der Waals surface area contributed by atoms with Crippen LogP contribution in [0.4, 0.5) is 0 Å². The first-order chi connectivity index (χ1) is 34.8. The highest BCUT2D eigenvalue weighted by molar-refractivity contribution is 5.70. The summed E-state index contributed by atoms with van der Waals surface area (Å²) in [5.74, 6) is -0.790. The van der Waals surface area contributed by atoms with E-state index in [1.807, 2.05) is 0 Å². The first-order valence-corrected chi connectivity index (χ1v) is 30.4. The summed E-state index contributed by atoms with van der Waals surface area (Å²) in [5, 5.41) is 40.4. The number of unbranched alkanes of at least 4 members (excludes halogenated alkanes) is 38. The van der Waals surface area contributed by atoms with Crippen molar-refractivity contribution >= 4 is 11.9 Å². The van der Waals surface area contributed by atoms with Crippen molar-refractivity contribution in [2.24, 2.45) is 0 Å². The first-order valence-electron chi connectivity index (χ1n) is 30.4. The highest BCUT2D eigenvalue weighted by Gasteiger charge is 2.44. The Bertz CT molecular complexity index is 1210. The normalized spacial score (nSPS) is 18.8. The van der Waals surface area contributed by atoms with E-state index in [0.717, 1.165) is 44.9 Å². The van der Waals surface area contributed by atoms with E-state index in [1.165, 1.54) is 218 Å². The molecular formula is C61H114O10. The average molecular weight is 1010 g/mol. The van der Waals surface area contributed by atoms with Crippen molar-refractivity contribution in [3.63, 3.8) is 0 Å².